The molecule has 0 atom stereocenters. The summed E-state index contributed by atoms with van der Waals surface area (Å²) >= 11 is 5.97. The van der Waals surface area contributed by atoms with E-state index in [0.717, 1.165) is 5.56 Å². The lowest BCUT2D eigenvalue weighted by atomic mass is 10.2. The first-order valence-corrected chi connectivity index (χ1v) is 6.72. The Morgan fingerprint density at radius 1 is 1.29 bits per heavy atom. The van der Waals surface area contributed by atoms with Gasteiger partial charge in [0.2, 0.25) is 5.88 Å². The van der Waals surface area contributed by atoms with Crippen LogP contribution in [-0.2, 0) is 13.7 Å². The number of hydrogen-bond acceptors (Lipinski definition) is 4. The van der Waals surface area contributed by atoms with Gasteiger partial charge in [0, 0.05) is 12.4 Å². The van der Waals surface area contributed by atoms with E-state index in [1.54, 1.807) is 19.3 Å². The number of halogens is 1. The standard InChI is InChI=1S/C15H12ClN3O2/c1-19-15(20)13-11(8-17-19)7-12(16)18-14(13)21-9-10-5-3-2-4-6-10/h2-8H,9H2,1H3. The fourth-order valence-electron chi connectivity index (χ4n) is 2.02. The predicted molar refractivity (Wildman–Crippen MR) is 80.6 cm³/mol. The minimum atomic E-state index is -0.264. The summed E-state index contributed by atoms with van der Waals surface area (Å²) in [5.74, 6) is 0.226. The van der Waals surface area contributed by atoms with Crippen molar-refractivity contribution < 1.29 is 4.74 Å². The van der Waals surface area contributed by atoms with E-state index in [4.69, 9.17) is 16.3 Å². The zero-order valence-corrected chi connectivity index (χ0v) is 12.0. The van der Waals surface area contributed by atoms with E-state index in [9.17, 15) is 4.79 Å². The predicted octanol–water partition coefficient (Wildman–Crippen LogP) is 2.56. The highest BCUT2D eigenvalue weighted by molar-refractivity contribution is 6.30. The molecule has 0 saturated heterocycles. The number of benzene rings is 1. The maximum absolute atomic E-state index is 12.2. The number of ether oxygens (including phenoxy) is 1. The smallest absolute Gasteiger partial charge is 0.279 e. The van der Waals surface area contributed by atoms with Crippen LogP contribution in [0.25, 0.3) is 10.8 Å². The van der Waals surface area contributed by atoms with Crippen molar-refractivity contribution in [2.24, 2.45) is 7.05 Å². The van der Waals surface area contributed by atoms with Gasteiger partial charge in [0.25, 0.3) is 5.56 Å². The van der Waals surface area contributed by atoms with Gasteiger partial charge in [-0.3, -0.25) is 4.79 Å². The second kappa shape index (κ2) is 5.54. The highest BCUT2D eigenvalue weighted by Crippen LogP contribution is 2.23. The van der Waals surface area contributed by atoms with Crippen molar-refractivity contribution in [3.05, 3.63) is 63.7 Å². The van der Waals surface area contributed by atoms with Crippen molar-refractivity contribution in [1.82, 2.24) is 14.8 Å². The van der Waals surface area contributed by atoms with Crippen molar-refractivity contribution >= 4 is 22.4 Å². The summed E-state index contributed by atoms with van der Waals surface area (Å²) in [6.45, 7) is 0.314. The molecule has 0 radical (unpaired) electrons. The molecule has 0 saturated carbocycles. The van der Waals surface area contributed by atoms with Gasteiger partial charge < -0.3 is 4.74 Å². The van der Waals surface area contributed by atoms with Crippen LogP contribution in [0.4, 0.5) is 0 Å². The molecule has 0 aliphatic heterocycles. The summed E-state index contributed by atoms with van der Waals surface area (Å²) in [5, 5.41) is 5.23. The summed E-state index contributed by atoms with van der Waals surface area (Å²) in [6, 6.07) is 11.2. The number of aryl methyl sites for hydroxylation is 1. The van der Waals surface area contributed by atoms with Crippen molar-refractivity contribution in [3.63, 3.8) is 0 Å². The Labute approximate surface area is 125 Å². The minimum absolute atomic E-state index is 0.226. The zero-order chi connectivity index (χ0) is 14.8. The molecule has 0 amide bonds. The van der Waals surface area contributed by atoms with Crippen molar-refractivity contribution in [1.29, 1.82) is 0 Å². The number of rotatable bonds is 3. The molecule has 2 heterocycles. The third kappa shape index (κ3) is 2.73. The van der Waals surface area contributed by atoms with Crippen LogP contribution in [0.2, 0.25) is 5.15 Å². The lowest BCUT2D eigenvalue weighted by molar-refractivity contribution is 0.297. The molecule has 0 aliphatic carbocycles. The zero-order valence-electron chi connectivity index (χ0n) is 11.3. The quantitative estimate of drug-likeness (QED) is 0.698. The number of nitrogens with zero attached hydrogens (tertiary/aromatic N) is 3. The Hall–Kier alpha value is -2.40. The monoisotopic (exact) mass is 301 g/mol. The van der Waals surface area contributed by atoms with Gasteiger partial charge in [0.15, 0.2) is 0 Å². The molecule has 3 aromatic rings. The van der Waals surface area contributed by atoms with Gasteiger partial charge in [-0.05, 0) is 11.6 Å². The molecule has 0 spiro atoms. The van der Waals surface area contributed by atoms with Crippen LogP contribution in [0, 0.1) is 0 Å². The van der Waals surface area contributed by atoms with Gasteiger partial charge in [0.1, 0.15) is 17.1 Å². The topological polar surface area (TPSA) is 57.0 Å². The molecule has 5 nitrogen and oxygen atoms in total. The molecule has 106 valence electrons. The number of pyridine rings is 1. The average Bonchev–Trinajstić information content (AvgIpc) is 2.49. The molecule has 0 bridgehead atoms. The van der Waals surface area contributed by atoms with Crippen molar-refractivity contribution in [2.45, 2.75) is 6.61 Å². The van der Waals surface area contributed by atoms with E-state index in [-0.39, 0.29) is 16.6 Å². The minimum Gasteiger partial charge on any atom is -0.472 e. The Morgan fingerprint density at radius 2 is 2.05 bits per heavy atom. The molecule has 6 heteroatoms. The largest absolute Gasteiger partial charge is 0.472 e. The SMILES string of the molecule is Cn1ncc2cc(Cl)nc(OCc3ccccc3)c2c1=O. The van der Waals surface area contributed by atoms with Crippen LogP contribution in [0.5, 0.6) is 5.88 Å². The molecule has 2 aromatic heterocycles. The van der Waals surface area contributed by atoms with Gasteiger partial charge in [0.05, 0.1) is 6.20 Å². The van der Waals surface area contributed by atoms with Gasteiger partial charge in [-0.2, -0.15) is 5.10 Å². The summed E-state index contributed by atoms with van der Waals surface area (Å²) in [7, 11) is 1.58. The summed E-state index contributed by atoms with van der Waals surface area (Å²) in [5.41, 5.74) is 0.720. The first-order valence-electron chi connectivity index (χ1n) is 6.34. The molecular formula is C15H12ClN3O2. The van der Waals surface area contributed by atoms with E-state index in [2.05, 4.69) is 10.1 Å². The van der Waals surface area contributed by atoms with E-state index in [1.807, 2.05) is 30.3 Å². The second-order valence-electron chi connectivity index (χ2n) is 4.56. The van der Waals surface area contributed by atoms with Crippen molar-refractivity contribution in [2.75, 3.05) is 0 Å². The van der Waals surface area contributed by atoms with Gasteiger partial charge >= 0.3 is 0 Å². The van der Waals surface area contributed by atoms with E-state index in [0.29, 0.717) is 17.4 Å². The Morgan fingerprint density at radius 3 is 2.81 bits per heavy atom. The molecular weight excluding hydrogens is 290 g/mol. The Balaban J connectivity index is 2.05. The fourth-order valence-corrected chi connectivity index (χ4v) is 2.21. The number of fused-ring (bicyclic) bond motifs is 1. The summed E-state index contributed by atoms with van der Waals surface area (Å²) < 4.78 is 6.93. The molecule has 21 heavy (non-hydrogen) atoms. The van der Waals surface area contributed by atoms with Crippen LogP contribution in [0.1, 0.15) is 5.56 Å². The summed E-state index contributed by atoms with van der Waals surface area (Å²) in [6.07, 6.45) is 1.57. The van der Waals surface area contributed by atoms with Gasteiger partial charge in [-0.15, -0.1) is 0 Å². The maximum atomic E-state index is 12.2. The van der Waals surface area contributed by atoms with Crippen molar-refractivity contribution in [3.8, 4) is 5.88 Å². The lowest BCUT2D eigenvalue weighted by Gasteiger charge is -2.09. The highest BCUT2D eigenvalue weighted by Gasteiger charge is 2.12. The Kier molecular flexibility index (Phi) is 3.58. The fraction of sp³-hybridized carbons (Fsp3) is 0.133. The molecule has 1 aromatic carbocycles. The van der Waals surface area contributed by atoms with Crippen LogP contribution < -0.4 is 10.3 Å². The second-order valence-corrected chi connectivity index (χ2v) is 4.95. The first kappa shape index (κ1) is 13.6. The first-order chi connectivity index (χ1) is 10.1. The lowest BCUT2D eigenvalue weighted by Crippen LogP contribution is -2.20. The van der Waals surface area contributed by atoms with E-state index < -0.39 is 0 Å². The van der Waals surface area contributed by atoms with Gasteiger partial charge in [-0.1, -0.05) is 41.9 Å². The third-order valence-electron chi connectivity index (χ3n) is 3.08. The number of aromatic nitrogens is 3. The van der Waals surface area contributed by atoms with E-state index >= 15 is 0 Å². The van der Waals surface area contributed by atoms with Crippen LogP contribution in [0.15, 0.2) is 47.4 Å². The molecule has 0 aliphatic rings. The Bertz CT molecular complexity index is 847. The average molecular weight is 302 g/mol. The number of hydrogen-bond donors (Lipinski definition) is 0. The molecule has 3 rings (SSSR count). The summed E-state index contributed by atoms with van der Waals surface area (Å²) in [4.78, 5) is 16.3. The normalized spacial score (nSPS) is 10.8. The highest BCUT2D eigenvalue weighted by atomic mass is 35.5. The van der Waals surface area contributed by atoms with E-state index in [1.165, 1.54) is 4.68 Å². The molecule has 0 N–H and O–H groups in total. The van der Waals surface area contributed by atoms with Gasteiger partial charge in [-0.25, -0.2) is 9.67 Å². The van der Waals surface area contributed by atoms with Crippen LogP contribution in [0.3, 0.4) is 0 Å². The van der Waals surface area contributed by atoms with Crippen LogP contribution in [-0.4, -0.2) is 14.8 Å². The maximum Gasteiger partial charge on any atom is 0.279 e. The van der Waals surface area contributed by atoms with Crippen LogP contribution >= 0.6 is 11.6 Å². The third-order valence-corrected chi connectivity index (χ3v) is 3.28. The molecule has 0 fully saturated rings. The molecule has 0 unspecified atom stereocenters.